The Morgan fingerprint density at radius 2 is 1.96 bits per heavy atom. The topological polar surface area (TPSA) is 59.1 Å². The highest BCUT2D eigenvalue weighted by Gasteiger charge is 2.31. The first-order valence-electron chi connectivity index (χ1n) is 8.59. The van der Waals surface area contributed by atoms with E-state index in [2.05, 4.69) is 0 Å². The molecule has 2 saturated heterocycles. The highest BCUT2D eigenvalue weighted by molar-refractivity contribution is 5.82. The number of hydrogen-bond donors (Lipinski definition) is 0. The van der Waals surface area contributed by atoms with E-state index in [1.807, 2.05) is 0 Å². The molecule has 6 nitrogen and oxygen atoms in total. The molecule has 3 rings (SSSR count). The molecule has 0 aromatic heterocycles. The quantitative estimate of drug-likeness (QED) is 0.819. The third kappa shape index (κ3) is 4.10. The molecule has 1 unspecified atom stereocenters. The molecule has 0 spiro atoms. The van der Waals surface area contributed by atoms with Crippen LogP contribution in [-0.4, -0.2) is 67.6 Å². The molecule has 25 heavy (non-hydrogen) atoms. The number of ether oxygens (including phenoxy) is 2. The van der Waals surface area contributed by atoms with Crippen LogP contribution in [0.1, 0.15) is 18.4 Å². The average molecular weight is 350 g/mol. The van der Waals surface area contributed by atoms with Crippen LogP contribution in [0.4, 0.5) is 4.39 Å². The standard InChI is InChI=1S/C18H23FN2O4/c1-24-15-5-4-14(19)11-13(15)12-17(22)20-6-8-21(9-7-20)18(23)16-3-2-10-25-16/h4-5,11,16H,2-3,6-10,12H2,1H3. The minimum absolute atomic E-state index is 0.0244. The summed E-state index contributed by atoms with van der Waals surface area (Å²) in [6.07, 6.45) is 1.46. The third-order valence-corrected chi connectivity index (χ3v) is 4.73. The van der Waals surface area contributed by atoms with E-state index in [1.54, 1.807) is 9.80 Å². The second kappa shape index (κ2) is 7.82. The highest BCUT2D eigenvalue weighted by atomic mass is 19.1. The lowest BCUT2D eigenvalue weighted by Gasteiger charge is -2.35. The van der Waals surface area contributed by atoms with Gasteiger partial charge in [-0.3, -0.25) is 9.59 Å². The minimum atomic E-state index is -0.393. The van der Waals surface area contributed by atoms with Gasteiger partial charge in [0, 0.05) is 38.3 Å². The van der Waals surface area contributed by atoms with E-state index in [9.17, 15) is 14.0 Å². The van der Waals surface area contributed by atoms with Crippen LogP contribution >= 0.6 is 0 Å². The Morgan fingerprint density at radius 3 is 2.60 bits per heavy atom. The number of benzene rings is 1. The molecule has 0 bridgehead atoms. The fourth-order valence-corrected chi connectivity index (χ4v) is 3.31. The Kier molecular flexibility index (Phi) is 5.53. The maximum atomic E-state index is 13.4. The number of rotatable bonds is 4. The number of piperazine rings is 1. The van der Waals surface area contributed by atoms with Crippen molar-refractivity contribution < 1.29 is 23.5 Å². The fraction of sp³-hybridized carbons (Fsp3) is 0.556. The minimum Gasteiger partial charge on any atom is -0.496 e. The summed E-state index contributed by atoms with van der Waals surface area (Å²) < 4.78 is 24.1. The number of halogens is 1. The van der Waals surface area contributed by atoms with Crippen molar-refractivity contribution in [2.45, 2.75) is 25.4 Å². The first-order valence-corrected chi connectivity index (χ1v) is 8.59. The van der Waals surface area contributed by atoms with E-state index >= 15 is 0 Å². The number of carbonyl (C=O) groups excluding carboxylic acids is 2. The maximum Gasteiger partial charge on any atom is 0.251 e. The van der Waals surface area contributed by atoms with Gasteiger partial charge in [-0.05, 0) is 31.0 Å². The van der Waals surface area contributed by atoms with Crippen molar-refractivity contribution in [3.63, 3.8) is 0 Å². The van der Waals surface area contributed by atoms with Gasteiger partial charge in [0.15, 0.2) is 0 Å². The predicted octanol–water partition coefficient (Wildman–Crippen LogP) is 1.23. The van der Waals surface area contributed by atoms with Gasteiger partial charge in [-0.25, -0.2) is 4.39 Å². The summed E-state index contributed by atoms with van der Waals surface area (Å²) >= 11 is 0. The number of carbonyl (C=O) groups is 2. The van der Waals surface area contributed by atoms with E-state index in [0.717, 1.165) is 12.8 Å². The van der Waals surface area contributed by atoms with E-state index in [4.69, 9.17) is 9.47 Å². The fourth-order valence-electron chi connectivity index (χ4n) is 3.31. The maximum absolute atomic E-state index is 13.4. The van der Waals surface area contributed by atoms with Crippen LogP contribution in [0, 0.1) is 5.82 Å². The molecule has 0 aliphatic carbocycles. The van der Waals surface area contributed by atoms with Crippen molar-refractivity contribution in [1.82, 2.24) is 9.80 Å². The van der Waals surface area contributed by atoms with Gasteiger partial charge in [0.2, 0.25) is 5.91 Å². The Labute approximate surface area is 146 Å². The van der Waals surface area contributed by atoms with Crippen LogP contribution in [0.5, 0.6) is 5.75 Å². The van der Waals surface area contributed by atoms with E-state index in [1.165, 1.54) is 25.3 Å². The molecular weight excluding hydrogens is 327 g/mol. The zero-order chi connectivity index (χ0) is 17.8. The summed E-state index contributed by atoms with van der Waals surface area (Å²) in [4.78, 5) is 28.3. The van der Waals surface area contributed by atoms with Crippen molar-refractivity contribution in [3.05, 3.63) is 29.6 Å². The lowest BCUT2D eigenvalue weighted by molar-refractivity contribution is -0.145. The van der Waals surface area contributed by atoms with E-state index < -0.39 is 5.82 Å². The van der Waals surface area contributed by atoms with Crippen molar-refractivity contribution in [2.75, 3.05) is 39.9 Å². The molecule has 1 aromatic carbocycles. The number of amides is 2. The Hall–Kier alpha value is -2.15. The van der Waals surface area contributed by atoms with Crippen molar-refractivity contribution >= 4 is 11.8 Å². The molecule has 0 saturated carbocycles. The summed E-state index contributed by atoms with van der Waals surface area (Å²) in [5, 5.41) is 0. The van der Waals surface area contributed by atoms with Crippen molar-refractivity contribution in [1.29, 1.82) is 0 Å². The second-order valence-corrected chi connectivity index (χ2v) is 6.34. The summed E-state index contributed by atoms with van der Waals surface area (Å²) in [6.45, 7) is 2.61. The van der Waals surface area contributed by atoms with Gasteiger partial charge in [0.1, 0.15) is 17.7 Å². The molecule has 2 fully saturated rings. The van der Waals surface area contributed by atoms with Gasteiger partial charge in [0.05, 0.1) is 13.5 Å². The monoisotopic (exact) mass is 350 g/mol. The summed E-state index contributed by atoms with van der Waals surface area (Å²) in [7, 11) is 1.50. The predicted molar refractivity (Wildman–Crippen MR) is 88.8 cm³/mol. The van der Waals surface area contributed by atoms with Gasteiger partial charge in [0.25, 0.3) is 5.91 Å². The summed E-state index contributed by atoms with van der Waals surface area (Å²) in [5.41, 5.74) is 0.533. The molecule has 2 heterocycles. The van der Waals surface area contributed by atoms with Gasteiger partial charge >= 0.3 is 0 Å². The summed E-state index contributed by atoms with van der Waals surface area (Å²) in [6, 6.07) is 4.16. The lowest BCUT2D eigenvalue weighted by Crippen LogP contribution is -2.53. The SMILES string of the molecule is COc1ccc(F)cc1CC(=O)N1CCN(C(=O)C2CCCO2)CC1. The third-order valence-electron chi connectivity index (χ3n) is 4.73. The molecule has 0 N–H and O–H groups in total. The van der Waals surface area contributed by atoms with Crippen LogP contribution in [0.15, 0.2) is 18.2 Å². The molecular formula is C18H23FN2O4. The van der Waals surface area contributed by atoms with Crippen molar-refractivity contribution in [3.8, 4) is 5.75 Å². The summed E-state index contributed by atoms with van der Waals surface area (Å²) in [5.74, 6) is 0.0436. The van der Waals surface area contributed by atoms with Crippen LogP contribution in [0.25, 0.3) is 0 Å². The van der Waals surface area contributed by atoms with Crippen LogP contribution in [0.2, 0.25) is 0 Å². The zero-order valence-electron chi connectivity index (χ0n) is 14.4. The highest BCUT2D eigenvalue weighted by Crippen LogP contribution is 2.21. The number of methoxy groups -OCH3 is 1. The Balaban J connectivity index is 1.55. The van der Waals surface area contributed by atoms with E-state index in [-0.39, 0.29) is 24.3 Å². The Bertz CT molecular complexity index is 638. The van der Waals surface area contributed by atoms with Crippen LogP contribution < -0.4 is 4.74 Å². The zero-order valence-corrected chi connectivity index (χ0v) is 14.4. The van der Waals surface area contributed by atoms with Gasteiger partial charge in [-0.1, -0.05) is 0 Å². The van der Waals surface area contributed by atoms with Crippen LogP contribution in [0.3, 0.4) is 0 Å². The number of nitrogens with zero attached hydrogens (tertiary/aromatic N) is 2. The van der Waals surface area contributed by atoms with Gasteiger partial charge < -0.3 is 19.3 Å². The molecule has 2 aliphatic rings. The van der Waals surface area contributed by atoms with Gasteiger partial charge in [-0.15, -0.1) is 0 Å². The molecule has 1 aromatic rings. The molecule has 1 atom stereocenters. The average Bonchev–Trinajstić information content (AvgIpc) is 3.16. The first kappa shape index (κ1) is 17.7. The molecule has 7 heteroatoms. The normalized spacial score (nSPS) is 20.6. The lowest BCUT2D eigenvalue weighted by atomic mass is 10.1. The smallest absolute Gasteiger partial charge is 0.251 e. The van der Waals surface area contributed by atoms with Crippen LogP contribution in [-0.2, 0) is 20.7 Å². The number of hydrogen-bond acceptors (Lipinski definition) is 4. The largest absolute Gasteiger partial charge is 0.496 e. The second-order valence-electron chi connectivity index (χ2n) is 6.34. The molecule has 0 radical (unpaired) electrons. The molecule has 2 amide bonds. The first-order chi connectivity index (χ1) is 12.1. The van der Waals surface area contributed by atoms with Crippen molar-refractivity contribution in [2.24, 2.45) is 0 Å². The molecule has 2 aliphatic heterocycles. The van der Waals surface area contributed by atoms with Gasteiger partial charge in [-0.2, -0.15) is 0 Å². The van der Waals surface area contributed by atoms with E-state index in [0.29, 0.717) is 44.1 Å². The Morgan fingerprint density at radius 1 is 1.24 bits per heavy atom. The molecule has 136 valence electrons.